The van der Waals surface area contributed by atoms with Crippen LogP contribution in [-0.4, -0.2) is 35.9 Å². The van der Waals surface area contributed by atoms with Gasteiger partial charge in [-0.2, -0.15) is 0 Å². The van der Waals surface area contributed by atoms with Crippen molar-refractivity contribution in [1.29, 1.82) is 0 Å². The molecule has 1 amide bonds. The van der Waals surface area contributed by atoms with Crippen LogP contribution in [0.2, 0.25) is 5.02 Å². The van der Waals surface area contributed by atoms with Crippen LogP contribution in [0.15, 0.2) is 54.6 Å². The number of aliphatic hydroxyl groups is 1. The second-order valence-electron chi connectivity index (χ2n) is 5.67. The second kappa shape index (κ2) is 9.79. The first-order valence-electron chi connectivity index (χ1n) is 8.03. The lowest BCUT2D eigenvalue weighted by Crippen LogP contribution is -2.43. The Morgan fingerprint density at radius 3 is 2.38 bits per heavy atom. The molecule has 2 rings (SSSR count). The van der Waals surface area contributed by atoms with Gasteiger partial charge in [0.25, 0.3) is 0 Å². The molecule has 0 aliphatic heterocycles. The molecule has 2 unspecified atom stereocenters. The molecule has 26 heavy (non-hydrogen) atoms. The topological polar surface area (TPSA) is 84.9 Å². The van der Waals surface area contributed by atoms with Gasteiger partial charge in [-0.3, -0.25) is 0 Å². The number of esters is 1. The summed E-state index contributed by atoms with van der Waals surface area (Å²) in [7, 11) is 0. The van der Waals surface area contributed by atoms with Crippen molar-refractivity contribution in [3.63, 3.8) is 0 Å². The SMILES string of the molecule is CC(NC(=O)OCc1ccccc1)C(O)COC(=O)c1ccc(Cl)cc1. The summed E-state index contributed by atoms with van der Waals surface area (Å²) in [6.45, 7) is 1.45. The van der Waals surface area contributed by atoms with Crippen LogP contribution in [0.5, 0.6) is 0 Å². The van der Waals surface area contributed by atoms with Crippen LogP contribution in [0.25, 0.3) is 0 Å². The third-order valence-corrected chi connectivity index (χ3v) is 3.85. The molecule has 0 saturated carbocycles. The molecule has 0 heterocycles. The van der Waals surface area contributed by atoms with Crippen molar-refractivity contribution in [1.82, 2.24) is 5.32 Å². The van der Waals surface area contributed by atoms with Gasteiger partial charge in [-0.05, 0) is 36.8 Å². The summed E-state index contributed by atoms with van der Waals surface area (Å²) in [5.41, 5.74) is 1.18. The van der Waals surface area contributed by atoms with Crippen molar-refractivity contribution >= 4 is 23.7 Å². The highest BCUT2D eigenvalue weighted by molar-refractivity contribution is 6.30. The van der Waals surface area contributed by atoms with Crippen molar-refractivity contribution in [2.24, 2.45) is 0 Å². The molecule has 2 atom stereocenters. The Morgan fingerprint density at radius 2 is 1.73 bits per heavy atom. The Hall–Kier alpha value is -2.57. The number of rotatable bonds is 7. The number of ether oxygens (including phenoxy) is 2. The minimum Gasteiger partial charge on any atom is -0.459 e. The maximum absolute atomic E-state index is 11.9. The zero-order valence-corrected chi connectivity index (χ0v) is 15.0. The summed E-state index contributed by atoms with van der Waals surface area (Å²) < 4.78 is 10.1. The lowest BCUT2D eigenvalue weighted by molar-refractivity contribution is 0.0170. The Balaban J connectivity index is 1.72. The zero-order chi connectivity index (χ0) is 18.9. The van der Waals surface area contributed by atoms with Crippen molar-refractivity contribution < 1.29 is 24.2 Å². The summed E-state index contributed by atoms with van der Waals surface area (Å²) in [5.74, 6) is -0.584. The standard InChI is InChI=1S/C19H20ClNO5/c1-13(21-19(24)26-11-14-5-3-2-4-6-14)17(22)12-25-18(23)15-7-9-16(20)10-8-15/h2-10,13,17,22H,11-12H2,1H3,(H,21,24). The molecule has 0 radical (unpaired) electrons. The van der Waals surface area contributed by atoms with E-state index in [2.05, 4.69) is 5.32 Å². The van der Waals surface area contributed by atoms with E-state index in [-0.39, 0.29) is 13.2 Å². The first kappa shape index (κ1) is 19.8. The summed E-state index contributed by atoms with van der Waals surface area (Å²) in [6, 6.07) is 14.8. The maximum Gasteiger partial charge on any atom is 0.407 e. The van der Waals surface area contributed by atoms with Crippen LogP contribution in [0.3, 0.4) is 0 Å². The summed E-state index contributed by atoms with van der Waals surface area (Å²) in [6.07, 6.45) is -1.74. The molecule has 138 valence electrons. The number of alkyl carbamates (subject to hydrolysis) is 1. The lowest BCUT2D eigenvalue weighted by atomic mass is 10.2. The van der Waals surface area contributed by atoms with Crippen LogP contribution in [0, 0.1) is 0 Å². The maximum atomic E-state index is 11.9. The van der Waals surface area contributed by atoms with Crippen molar-refractivity contribution in [2.75, 3.05) is 6.61 Å². The molecule has 2 N–H and O–H groups in total. The minimum atomic E-state index is -1.07. The molecule has 7 heteroatoms. The predicted octanol–water partition coefficient (Wildman–Crippen LogP) is 3.17. The molecule has 0 spiro atoms. The van der Waals surface area contributed by atoms with E-state index in [1.807, 2.05) is 30.3 Å². The molecule has 0 aliphatic rings. The first-order valence-corrected chi connectivity index (χ1v) is 8.41. The largest absolute Gasteiger partial charge is 0.459 e. The fourth-order valence-electron chi connectivity index (χ4n) is 2.02. The van der Waals surface area contributed by atoms with E-state index in [1.165, 1.54) is 12.1 Å². The minimum absolute atomic E-state index is 0.126. The van der Waals surface area contributed by atoms with Gasteiger partial charge < -0.3 is 19.9 Å². The van der Waals surface area contributed by atoms with Crippen molar-refractivity contribution in [3.05, 3.63) is 70.7 Å². The Labute approximate surface area is 156 Å². The normalized spacial score (nSPS) is 12.7. The van der Waals surface area contributed by atoms with Gasteiger partial charge in [0, 0.05) is 5.02 Å². The Bertz CT molecular complexity index is 720. The molecule has 0 aromatic heterocycles. The Kier molecular flexibility index (Phi) is 7.44. The molecular weight excluding hydrogens is 358 g/mol. The third-order valence-electron chi connectivity index (χ3n) is 3.60. The average molecular weight is 378 g/mol. The molecule has 2 aromatic carbocycles. The molecule has 0 aliphatic carbocycles. The number of benzene rings is 2. The summed E-state index contributed by atoms with van der Waals surface area (Å²) in [5, 5.41) is 13.0. The number of amides is 1. The van der Waals surface area contributed by atoms with E-state index < -0.39 is 24.2 Å². The highest BCUT2D eigenvalue weighted by atomic mass is 35.5. The number of aliphatic hydroxyl groups excluding tert-OH is 1. The van der Waals surface area contributed by atoms with Gasteiger partial charge >= 0.3 is 12.1 Å². The third kappa shape index (κ3) is 6.38. The van der Waals surface area contributed by atoms with Crippen LogP contribution in [0.4, 0.5) is 4.79 Å². The van der Waals surface area contributed by atoms with E-state index >= 15 is 0 Å². The second-order valence-corrected chi connectivity index (χ2v) is 6.10. The highest BCUT2D eigenvalue weighted by Gasteiger charge is 2.19. The fraction of sp³-hybridized carbons (Fsp3) is 0.263. The lowest BCUT2D eigenvalue weighted by Gasteiger charge is -2.20. The van der Waals surface area contributed by atoms with Gasteiger partial charge in [0.15, 0.2) is 0 Å². The van der Waals surface area contributed by atoms with Gasteiger partial charge in [0.1, 0.15) is 19.3 Å². The van der Waals surface area contributed by atoms with E-state index in [0.29, 0.717) is 10.6 Å². The molecule has 0 bridgehead atoms. The monoisotopic (exact) mass is 377 g/mol. The molecule has 0 saturated heterocycles. The van der Waals surface area contributed by atoms with E-state index in [9.17, 15) is 14.7 Å². The van der Waals surface area contributed by atoms with Gasteiger partial charge in [0.05, 0.1) is 11.6 Å². The molecule has 0 fully saturated rings. The smallest absolute Gasteiger partial charge is 0.407 e. The van der Waals surface area contributed by atoms with E-state index in [1.54, 1.807) is 19.1 Å². The Morgan fingerprint density at radius 1 is 1.08 bits per heavy atom. The number of hydrogen-bond acceptors (Lipinski definition) is 5. The van der Waals surface area contributed by atoms with Crippen LogP contribution in [-0.2, 0) is 16.1 Å². The van der Waals surface area contributed by atoms with Crippen LogP contribution < -0.4 is 5.32 Å². The number of hydrogen-bond donors (Lipinski definition) is 2. The summed E-state index contributed by atoms with van der Waals surface area (Å²) >= 11 is 5.75. The molecule has 2 aromatic rings. The first-order chi connectivity index (χ1) is 12.5. The number of carbonyl (C=O) groups is 2. The van der Waals surface area contributed by atoms with Crippen LogP contribution >= 0.6 is 11.6 Å². The molecular formula is C19H20ClNO5. The van der Waals surface area contributed by atoms with Gasteiger partial charge in [-0.15, -0.1) is 0 Å². The van der Waals surface area contributed by atoms with E-state index in [0.717, 1.165) is 5.56 Å². The number of halogens is 1. The zero-order valence-electron chi connectivity index (χ0n) is 14.2. The highest BCUT2D eigenvalue weighted by Crippen LogP contribution is 2.10. The van der Waals surface area contributed by atoms with Gasteiger partial charge in [-0.1, -0.05) is 41.9 Å². The number of carbonyl (C=O) groups excluding carboxylic acids is 2. The fourth-order valence-corrected chi connectivity index (χ4v) is 2.15. The van der Waals surface area contributed by atoms with Crippen molar-refractivity contribution in [2.45, 2.75) is 25.7 Å². The quantitative estimate of drug-likeness (QED) is 0.724. The van der Waals surface area contributed by atoms with Gasteiger partial charge in [-0.25, -0.2) is 9.59 Å². The molecule has 6 nitrogen and oxygen atoms in total. The van der Waals surface area contributed by atoms with E-state index in [4.69, 9.17) is 21.1 Å². The van der Waals surface area contributed by atoms with Gasteiger partial charge in [0.2, 0.25) is 0 Å². The number of nitrogens with one attached hydrogen (secondary N) is 1. The van der Waals surface area contributed by atoms with Crippen molar-refractivity contribution in [3.8, 4) is 0 Å². The summed E-state index contributed by atoms with van der Waals surface area (Å²) in [4.78, 5) is 23.6. The predicted molar refractivity (Wildman–Crippen MR) is 97.0 cm³/mol. The van der Waals surface area contributed by atoms with Crippen LogP contribution in [0.1, 0.15) is 22.8 Å². The average Bonchev–Trinajstić information content (AvgIpc) is 2.65.